The lowest BCUT2D eigenvalue weighted by atomic mass is 9.49. The normalized spacial score (nSPS) is 47.5. The molecule has 0 heterocycles. The predicted octanol–water partition coefficient (Wildman–Crippen LogP) is 6.22. The van der Waals surface area contributed by atoms with Crippen LogP contribution in [0.5, 0.6) is 0 Å². The van der Waals surface area contributed by atoms with Crippen molar-refractivity contribution in [3.8, 4) is 0 Å². The van der Waals surface area contributed by atoms with Crippen molar-refractivity contribution < 1.29 is 4.79 Å². The second-order valence-electron chi connectivity index (χ2n) is 12.5. The summed E-state index contributed by atoms with van der Waals surface area (Å²) in [5.41, 5.74) is 2.38. The summed E-state index contributed by atoms with van der Waals surface area (Å²) in [5.74, 6) is 5.53. The van der Waals surface area contributed by atoms with Crippen LogP contribution >= 0.6 is 0 Å². The zero-order valence-electron chi connectivity index (χ0n) is 18.2. The summed E-state index contributed by atoms with van der Waals surface area (Å²) in [5, 5.41) is 7.47. The van der Waals surface area contributed by atoms with Gasteiger partial charge in [-0.2, -0.15) is 0 Å². The minimum Gasteiger partial charge on any atom is -0.378 e. The highest BCUT2D eigenvalue weighted by Crippen LogP contribution is 2.60. The first-order valence-corrected chi connectivity index (χ1v) is 12.8. The van der Waals surface area contributed by atoms with Gasteiger partial charge >= 0.3 is 0 Å². The van der Waals surface area contributed by atoms with Crippen molar-refractivity contribution in [3.63, 3.8) is 0 Å². The quantitative estimate of drug-likeness (QED) is 0.625. The van der Waals surface area contributed by atoms with E-state index >= 15 is 0 Å². The molecule has 3 heteroatoms. The fourth-order valence-electron chi connectivity index (χ4n) is 9.89. The Kier molecular flexibility index (Phi) is 3.78. The van der Waals surface area contributed by atoms with Crippen molar-refractivity contribution in [2.75, 3.05) is 10.6 Å². The molecule has 8 fully saturated rings. The van der Waals surface area contributed by atoms with Gasteiger partial charge in [-0.05, 0) is 125 Å². The van der Waals surface area contributed by atoms with E-state index in [1.54, 1.807) is 0 Å². The number of hydrogen-bond acceptors (Lipinski definition) is 2. The molecule has 0 aliphatic heterocycles. The van der Waals surface area contributed by atoms with E-state index < -0.39 is 0 Å². The fourth-order valence-corrected chi connectivity index (χ4v) is 9.89. The molecule has 9 rings (SSSR count). The number of amides is 1. The molecule has 8 saturated carbocycles. The van der Waals surface area contributed by atoms with E-state index in [2.05, 4.69) is 34.9 Å². The van der Waals surface area contributed by atoms with Crippen LogP contribution < -0.4 is 10.6 Å². The van der Waals surface area contributed by atoms with Crippen LogP contribution in [0.2, 0.25) is 0 Å². The zero-order valence-corrected chi connectivity index (χ0v) is 18.2. The van der Waals surface area contributed by atoms with Gasteiger partial charge < -0.3 is 10.6 Å². The molecule has 1 aromatic rings. The molecule has 8 bridgehead atoms. The fraction of sp³-hybridized carbons (Fsp3) is 0.741. The van der Waals surface area contributed by atoms with Crippen molar-refractivity contribution in [2.45, 2.75) is 82.6 Å². The Labute approximate surface area is 180 Å². The lowest BCUT2D eigenvalue weighted by Gasteiger charge is -2.57. The van der Waals surface area contributed by atoms with Crippen LogP contribution in [0.15, 0.2) is 24.3 Å². The Balaban J connectivity index is 1.13. The van der Waals surface area contributed by atoms with Crippen molar-refractivity contribution in [2.24, 2.45) is 40.9 Å². The van der Waals surface area contributed by atoms with Crippen molar-refractivity contribution in [3.05, 3.63) is 24.3 Å². The van der Waals surface area contributed by atoms with Crippen LogP contribution in [0.4, 0.5) is 11.4 Å². The standard InChI is InChI=1S/C27H36N2O/c30-25(26-11-17-5-18(12-26)7-19(6-17)13-26)28-23-3-1-2-4-24(23)29-27-14-20-8-21(15-27)10-22(9-20)16-27/h1-4,17-22,29H,5-16H2,(H,28,30). The Hall–Kier alpha value is -1.51. The van der Waals surface area contributed by atoms with Gasteiger partial charge in [0.25, 0.3) is 0 Å². The molecule has 0 unspecified atom stereocenters. The molecular formula is C27H36N2O. The van der Waals surface area contributed by atoms with E-state index in [9.17, 15) is 4.79 Å². The van der Waals surface area contributed by atoms with Crippen LogP contribution in [-0.2, 0) is 4.79 Å². The van der Waals surface area contributed by atoms with Crippen molar-refractivity contribution >= 4 is 17.3 Å². The van der Waals surface area contributed by atoms with E-state index in [-0.39, 0.29) is 11.0 Å². The van der Waals surface area contributed by atoms with Gasteiger partial charge in [0, 0.05) is 5.54 Å². The lowest BCUT2D eigenvalue weighted by Crippen LogP contribution is -2.55. The molecule has 0 aromatic heterocycles. The van der Waals surface area contributed by atoms with E-state index in [0.29, 0.717) is 5.91 Å². The Morgan fingerprint density at radius 2 is 1.10 bits per heavy atom. The van der Waals surface area contributed by atoms with Gasteiger partial charge in [-0.1, -0.05) is 12.1 Å². The van der Waals surface area contributed by atoms with E-state index in [1.807, 2.05) is 0 Å². The van der Waals surface area contributed by atoms with Crippen LogP contribution in [0.25, 0.3) is 0 Å². The number of hydrogen-bond donors (Lipinski definition) is 2. The molecule has 8 aliphatic rings. The van der Waals surface area contributed by atoms with E-state index in [1.165, 1.54) is 57.8 Å². The maximum Gasteiger partial charge on any atom is 0.230 e. The molecule has 30 heavy (non-hydrogen) atoms. The molecular weight excluding hydrogens is 368 g/mol. The number of anilines is 2. The second-order valence-corrected chi connectivity index (χ2v) is 12.5. The Bertz CT molecular complexity index is 803. The average molecular weight is 405 g/mol. The highest BCUT2D eigenvalue weighted by atomic mass is 16.2. The van der Waals surface area contributed by atoms with Crippen molar-refractivity contribution in [1.82, 2.24) is 0 Å². The highest BCUT2D eigenvalue weighted by Gasteiger charge is 2.55. The van der Waals surface area contributed by atoms with Crippen molar-refractivity contribution in [1.29, 1.82) is 0 Å². The van der Waals surface area contributed by atoms with Gasteiger partial charge in [-0.25, -0.2) is 0 Å². The third-order valence-corrected chi connectivity index (χ3v) is 10.1. The maximum absolute atomic E-state index is 13.6. The molecule has 0 spiro atoms. The summed E-state index contributed by atoms with van der Waals surface area (Å²) in [6.45, 7) is 0. The molecule has 0 atom stereocenters. The van der Waals surface area contributed by atoms with E-state index in [0.717, 1.165) is 66.1 Å². The van der Waals surface area contributed by atoms with Gasteiger partial charge in [0.15, 0.2) is 0 Å². The summed E-state index contributed by atoms with van der Waals surface area (Å²) in [7, 11) is 0. The molecule has 1 aromatic carbocycles. The van der Waals surface area contributed by atoms with Gasteiger partial charge in [-0.15, -0.1) is 0 Å². The molecule has 160 valence electrons. The predicted molar refractivity (Wildman–Crippen MR) is 120 cm³/mol. The molecule has 3 nitrogen and oxygen atoms in total. The molecule has 1 amide bonds. The number of para-hydroxylation sites is 2. The molecule has 8 aliphatic carbocycles. The molecule has 0 radical (unpaired) electrons. The average Bonchev–Trinajstić information content (AvgIpc) is 2.67. The second kappa shape index (κ2) is 6.26. The summed E-state index contributed by atoms with van der Waals surface area (Å²) < 4.78 is 0. The maximum atomic E-state index is 13.6. The number of rotatable bonds is 4. The van der Waals surface area contributed by atoms with Gasteiger partial charge in [0.1, 0.15) is 0 Å². The lowest BCUT2D eigenvalue weighted by molar-refractivity contribution is -0.140. The summed E-state index contributed by atoms with van der Waals surface area (Å²) >= 11 is 0. The Morgan fingerprint density at radius 3 is 1.60 bits per heavy atom. The summed E-state index contributed by atoms with van der Waals surface area (Å²) in [6.07, 6.45) is 15.9. The number of benzene rings is 1. The largest absolute Gasteiger partial charge is 0.378 e. The first-order valence-electron chi connectivity index (χ1n) is 12.8. The summed E-state index contributed by atoms with van der Waals surface area (Å²) in [6, 6.07) is 8.54. The van der Waals surface area contributed by atoms with Crippen LogP contribution in [0.1, 0.15) is 77.0 Å². The minimum absolute atomic E-state index is 0.0808. The van der Waals surface area contributed by atoms with Crippen LogP contribution in [0.3, 0.4) is 0 Å². The monoisotopic (exact) mass is 404 g/mol. The van der Waals surface area contributed by atoms with Crippen LogP contribution in [-0.4, -0.2) is 11.4 Å². The molecule has 0 saturated heterocycles. The smallest absolute Gasteiger partial charge is 0.230 e. The third kappa shape index (κ3) is 2.79. The Morgan fingerprint density at radius 1 is 0.667 bits per heavy atom. The van der Waals surface area contributed by atoms with Gasteiger partial charge in [0.05, 0.1) is 16.8 Å². The van der Waals surface area contributed by atoms with Gasteiger partial charge in [-0.3, -0.25) is 4.79 Å². The number of nitrogens with one attached hydrogen (secondary N) is 2. The number of carbonyl (C=O) groups excluding carboxylic acids is 1. The van der Waals surface area contributed by atoms with E-state index in [4.69, 9.17) is 0 Å². The summed E-state index contributed by atoms with van der Waals surface area (Å²) in [4.78, 5) is 13.6. The van der Waals surface area contributed by atoms with Crippen LogP contribution in [0, 0.1) is 40.9 Å². The van der Waals surface area contributed by atoms with Gasteiger partial charge in [0.2, 0.25) is 5.91 Å². The zero-order chi connectivity index (χ0) is 19.9. The minimum atomic E-state index is -0.0808. The number of carbonyl (C=O) groups is 1. The molecule has 2 N–H and O–H groups in total. The first-order chi connectivity index (χ1) is 14.6. The first kappa shape index (κ1) is 18.1. The third-order valence-electron chi connectivity index (χ3n) is 10.1. The highest BCUT2D eigenvalue weighted by molar-refractivity contribution is 5.98. The SMILES string of the molecule is O=C(Nc1ccccc1NC12CC3CC(CC(C3)C1)C2)C12CC3CC(CC(C3)C1)C2. The topological polar surface area (TPSA) is 41.1 Å².